The molecule has 0 aliphatic carbocycles. The molecule has 4 rings (SSSR count). The lowest BCUT2D eigenvalue weighted by Crippen LogP contribution is -2.41. The fraction of sp³-hybridized carbons (Fsp3) is 0.105. The normalized spacial score (nSPS) is 16.0. The molecule has 0 spiro atoms. The summed E-state index contributed by atoms with van der Waals surface area (Å²) in [7, 11) is 0. The van der Waals surface area contributed by atoms with E-state index in [-0.39, 0.29) is 29.4 Å². The highest BCUT2D eigenvalue weighted by molar-refractivity contribution is 6.02. The molecule has 0 saturated heterocycles. The highest BCUT2D eigenvalue weighted by Gasteiger charge is 2.30. The first-order valence-electron chi connectivity index (χ1n) is 8.04. The van der Waals surface area contributed by atoms with Gasteiger partial charge in [0, 0.05) is 6.42 Å². The highest BCUT2D eigenvalue weighted by atomic mass is 19.1. The fourth-order valence-electron chi connectivity index (χ4n) is 3.12. The molecule has 1 aromatic heterocycles. The van der Waals surface area contributed by atoms with E-state index in [4.69, 9.17) is 0 Å². The molecule has 1 unspecified atom stereocenters. The number of ketones is 1. The average Bonchev–Trinajstić information content (AvgIpc) is 2.62. The molecule has 0 bridgehead atoms. The van der Waals surface area contributed by atoms with E-state index in [2.05, 4.69) is 10.3 Å². The van der Waals surface area contributed by atoms with Crippen LogP contribution < -0.4 is 16.6 Å². The van der Waals surface area contributed by atoms with Gasteiger partial charge in [0.1, 0.15) is 17.2 Å². The van der Waals surface area contributed by atoms with Crippen LogP contribution in [-0.4, -0.2) is 15.3 Å². The van der Waals surface area contributed by atoms with Crippen LogP contribution >= 0.6 is 0 Å². The van der Waals surface area contributed by atoms with Gasteiger partial charge in [-0.25, -0.2) is 13.8 Å². The third kappa shape index (κ3) is 2.63. The molecule has 26 heavy (non-hydrogen) atoms. The molecule has 0 saturated carbocycles. The summed E-state index contributed by atoms with van der Waals surface area (Å²) in [6, 6.07) is 13.7. The van der Waals surface area contributed by atoms with E-state index in [0.29, 0.717) is 11.3 Å². The number of benzene rings is 2. The average molecular weight is 351 g/mol. The number of carbonyl (C=O) groups is 1. The molecule has 0 fully saturated rings. The Labute approximate surface area is 146 Å². The lowest BCUT2D eigenvalue weighted by atomic mass is 9.95. The third-order valence-electron chi connectivity index (χ3n) is 4.38. The summed E-state index contributed by atoms with van der Waals surface area (Å²) in [6.07, 6.45) is 0.0364. The molecule has 2 aromatic carbocycles. The molecule has 130 valence electrons. The summed E-state index contributed by atoms with van der Waals surface area (Å²) in [5, 5.41) is 3.01. The maximum absolute atomic E-state index is 13.1. The first-order chi connectivity index (χ1) is 12.5. The summed E-state index contributed by atoms with van der Waals surface area (Å²) in [5.74, 6) is -0.660. The van der Waals surface area contributed by atoms with Crippen molar-refractivity contribution < 1.29 is 9.18 Å². The van der Waals surface area contributed by atoms with Crippen molar-refractivity contribution in [2.75, 3.05) is 5.32 Å². The number of H-pyrrole nitrogens is 1. The molecule has 1 aliphatic heterocycles. The summed E-state index contributed by atoms with van der Waals surface area (Å²) in [4.78, 5) is 40.4. The van der Waals surface area contributed by atoms with E-state index >= 15 is 0 Å². The van der Waals surface area contributed by atoms with E-state index in [9.17, 15) is 18.8 Å². The zero-order chi connectivity index (χ0) is 18.3. The minimum atomic E-state index is -0.662. The number of Topliss-reactive ketones (excluding diaryl/α,β-unsaturated/α-hetero) is 1. The van der Waals surface area contributed by atoms with Gasteiger partial charge in [0.15, 0.2) is 5.78 Å². The quantitative estimate of drug-likeness (QED) is 0.743. The molecule has 2 heterocycles. The predicted molar refractivity (Wildman–Crippen MR) is 94.4 cm³/mol. The second-order valence-corrected chi connectivity index (χ2v) is 6.03. The Morgan fingerprint density at radius 2 is 1.65 bits per heavy atom. The van der Waals surface area contributed by atoms with Crippen LogP contribution in [0.5, 0.6) is 0 Å². The van der Waals surface area contributed by atoms with Crippen molar-refractivity contribution in [3.63, 3.8) is 0 Å². The van der Waals surface area contributed by atoms with Gasteiger partial charge in [-0.1, -0.05) is 30.3 Å². The van der Waals surface area contributed by atoms with Crippen LogP contribution in [0.3, 0.4) is 0 Å². The maximum Gasteiger partial charge on any atom is 0.334 e. The summed E-state index contributed by atoms with van der Waals surface area (Å²) in [6.45, 7) is 0. The predicted octanol–water partition coefficient (Wildman–Crippen LogP) is 2.40. The molecule has 0 amide bonds. The Bertz CT molecular complexity index is 1100. The molecule has 1 aliphatic rings. The molecule has 1 atom stereocenters. The van der Waals surface area contributed by atoms with Crippen molar-refractivity contribution in [2.24, 2.45) is 0 Å². The number of para-hydroxylation sites is 1. The molecular formula is C19H14FN3O3. The van der Waals surface area contributed by atoms with Gasteiger partial charge < -0.3 is 5.32 Å². The third-order valence-corrected chi connectivity index (χ3v) is 4.38. The van der Waals surface area contributed by atoms with Gasteiger partial charge in [0.2, 0.25) is 0 Å². The van der Waals surface area contributed by atoms with Crippen molar-refractivity contribution in [1.29, 1.82) is 0 Å². The molecule has 0 radical (unpaired) electrons. The number of carbonyl (C=O) groups excluding carboxylic acids is 1. The Morgan fingerprint density at radius 3 is 2.35 bits per heavy atom. The number of hydrogen-bond donors (Lipinski definition) is 2. The van der Waals surface area contributed by atoms with Crippen LogP contribution in [0, 0.1) is 5.82 Å². The largest absolute Gasteiger partial charge is 0.363 e. The molecule has 3 aromatic rings. The van der Waals surface area contributed by atoms with Gasteiger partial charge in [-0.05, 0) is 29.8 Å². The first kappa shape index (κ1) is 16.0. The Balaban J connectivity index is 1.81. The summed E-state index contributed by atoms with van der Waals surface area (Å²) in [5.41, 5.74) is -0.301. The number of aromatic amines is 1. The van der Waals surface area contributed by atoms with Gasteiger partial charge in [0.25, 0.3) is 5.56 Å². The topological polar surface area (TPSA) is 84.0 Å². The standard InChI is InChI=1S/C19H14FN3O3/c20-12-8-6-11(7-9-12)14-10-15(24)16-17(21-14)22-19(26)23(18(16)25)13-4-2-1-3-5-13/h1-9,14,21H,10H2,(H,22,26). The number of rotatable bonds is 2. The minimum Gasteiger partial charge on any atom is -0.363 e. The number of anilines is 1. The van der Waals surface area contributed by atoms with Crippen molar-refractivity contribution in [3.8, 4) is 5.69 Å². The molecule has 2 N–H and O–H groups in total. The second kappa shape index (κ2) is 6.11. The SMILES string of the molecule is O=C1CC(c2ccc(F)cc2)Nc2[nH]c(=O)n(-c3ccccc3)c(=O)c21. The lowest BCUT2D eigenvalue weighted by molar-refractivity contribution is 0.0969. The van der Waals surface area contributed by atoms with E-state index in [1.54, 1.807) is 42.5 Å². The molecular weight excluding hydrogens is 337 g/mol. The van der Waals surface area contributed by atoms with Crippen molar-refractivity contribution in [3.05, 3.63) is 92.4 Å². The number of fused-ring (bicyclic) bond motifs is 1. The number of nitrogens with zero attached hydrogens (tertiary/aromatic N) is 1. The van der Waals surface area contributed by atoms with Gasteiger partial charge in [-0.3, -0.25) is 14.6 Å². The maximum atomic E-state index is 13.1. The van der Waals surface area contributed by atoms with E-state index in [0.717, 1.165) is 4.57 Å². The Morgan fingerprint density at radius 1 is 0.962 bits per heavy atom. The number of aromatic nitrogens is 2. The van der Waals surface area contributed by atoms with Crippen LogP contribution in [0.4, 0.5) is 10.2 Å². The smallest absolute Gasteiger partial charge is 0.334 e. The van der Waals surface area contributed by atoms with Gasteiger partial charge >= 0.3 is 5.69 Å². The fourth-order valence-corrected chi connectivity index (χ4v) is 3.12. The number of halogens is 1. The highest BCUT2D eigenvalue weighted by Crippen LogP contribution is 2.29. The van der Waals surface area contributed by atoms with Crippen molar-refractivity contribution in [1.82, 2.24) is 9.55 Å². The first-order valence-corrected chi connectivity index (χ1v) is 8.04. The van der Waals surface area contributed by atoms with E-state index in [1.165, 1.54) is 12.1 Å². The minimum absolute atomic E-state index is 0.0364. The monoisotopic (exact) mass is 351 g/mol. The van der Waals surface area contributed by atoms with Crippen LogP contribution in [0.1, 0.15) is 28.4 Å². The zero-order valence-corrected chi connectivity index (χ0v) is 13.5. The van der Waals surface area contributed by atoms with Crippen LogP contribution in [0.15, 0.2) is 64.2 Å². The zero-order valence-electron chi connectivity index (χ0n) is 13.5. The van der Waals surface area contributed by atoms with Crippen molar-refractivity contribution in [2.45, 2.75) is 12.5 Å². The van der Waals surface area contributed by atoms with E-state index in [1.807, 2.05) is 0 Å². The van der Waals surface area contributed by atoms with Crippen molar-refractivity contribution >= 4 is 11.6 Å². The Kier molecular flexibility index (Phi) is 3.76. The molecule has 6 nitrogen and oxygen atoms in total. The second-order valence-electron chi connectivity index (χ2n) is 6.03. The van der Waals surface area contributed by atoms with Gasteiger partial charge in [-0.2, -0.15) is 0 Å². The molecule has 7 heteroatoms. The lowest BCUT2D eigenvalue weighted by Gasteiger charge is -2.26. The summed E-state index contributed by atoms with van der Waals surface area (Å²) >= 11 is 0. The van der Waals surface area contributed by atoms with Crippen LogP contribution in [0.2, 0.25) is 0 Å². The number of hydrogen-bond acceptors (Lipinski definition) is 4. The summed E-state index contributed by atoms with van der Waals surface area (Å²) < 4.78 is 14.0. The van der Waals surface area contributed by atoms with Gasteiger partial charge in [-0.15, -0.1) is 0 Å². The van der Waals surface area contributed by atoms with E-state index < -0.39 is 17.3 Å². The van der Waals surface area contributed by atoms with Crippen LogP contribution in [-0.2, 0) is 0 Å². The van der Waals surface area contributed by atoms with Crippen LogP contribution in [0.25, 0.3) is 5.69 Å². The Hall–Kier alpha value is -3.48. The number of nitrogens with one attached hydrogen (secondary N) is 2. The van der Waals surface area contributed by atoms with Gasteiger partial charge in [0.05, 0.1) is 11.7 Å².